The maximum Gasteiger partial charge on any atom is 0.278 e. The molecule has 2 aliphatic carbocycles. The SMILES string of the molecule is CC1(C)NCCc2cc(Nc3ncc4c(=O)n(C5CC5)n(-c5nc(C6CC6)cs5)c4n3)ccc21. The Kier molecular flexibility index (Phi) is 4.32. The van der Waals surface area contributed by atoms with Crippen molar-refractivity contribution >= 4 is 34.0 Å². The number of hydrogen-bond acceptors (Lipinski definition) is 7. The summed E-state index contributed by atoms with van der Waals surface area (Å²) in [4.78, 5) is 27.5. The van der Waals surface area contributed by atoms with E-state index in [1.165, 1.54) is 24.0 Å². The Bertz CT molecular complexity index is 1490. The lowest BCUT2D eigenvalue weighted by Gasteiger charge is -2.34. The molecule has 0 unspecified atom stereocenters. The number of nitrogens with one attached hydrogen (secondary N) is 2. The van der Waals surface area contributed by atoms with Crippen LogP contribution in [0.4, 0.5) is 11.6 Å². The molecule has 4 aromatic rings. The monoisotopic (exact) mass is 473 g/mol. The highest BCUT2D eigenvalue weighted by Gasteiger charge is 2.33. The number of aromatic nitrogens is 5. The van der Waals surface area contributed by atoms with Crippen LogP contribution in [0.3, 0.4) is 0 Å². The van der Waals surface area contributed by atoms with E-state index in [9.17, 15) is 4.79 Å². The zero-order valence-electron chi connectivity index (χ0n) is 19.3. The van der Waals surface area contributed by atoms with Crippen LogP contribution in [0.15, 0.2) is 34.6 Å². The van der Waals surface area contributed by atoms with Gasteiger partial charge in [-0.2, -0.15) is 4.98 Å². The van der Waals surface area contributed by atoms with Gasteiger partial charge in [0.25, 0.3) is 5.56 Å². The fourth-order valence-electron chi connectivity index (χ4n) is 5.05. The van der Waals surface area contributed by atoms with Gasteiger partial charge in [0.05, 0.1) is 11.7 Å². The van der Waals surface area contributed by atoms with Crippen LogP contribution in [-0.4, -0.2) is 30.9 Å². The molecule has 8 nitrogen and oxygen atoms in total. The Balaban J connectivity index is 1.30. The summed E-state index contributed by atoms with van der Waals surface area (Å²) < 4.78 is 3.77. The Labute approximate surface area is 201 Å². The van der Waals surface area contributed by atoms with Gasteiger partial charge < -0.3 is 10.6 Å². The summed E-state index contributed by atoms with van der Waals surface area (Å²) in [5, 5.41) is 10.4. The molecular weight excluding hydrogens is 446 g/mol. The molecule has 174 valence electrons. The average Bonchev–Trinajstić information content (AvgIpc) is 3.75. The summed E-state index contributed by atoms with van der Waals surface area (Å²) in [6.45, 7) is 5.39. The van der Waals surface area contributed by atoms with E-state index in [1.54, 1.807) is 17.5 Å². The fourth-order valence-corrected chi connectivity index (χ4v) is 5.96. The number of hydrogen-bond donors (Lipinski definition) is 2. The molecule has 0 atom stereocenters. The first-order valence-electron chi connectivity index (χ1n) is 12.1. The molecule has 7 rings (SSSR count). The van der Waals surface area contributed by atoms with Crippen molar-refractivity contribution in [2.75, 3.05) is 11.9 Å². The third-order valence-electron chi connectivity index (χ3n) is 7.20. The number of fused-ring (bicyclic) bond motifs is 2. The highest BCUT2D eigenvalue weighted by Crippen LogP contribution is 2.41. The zero-order chi connectivity index (χ0) is 23.0. The Hall–Kier alpha value is -3.04. The van der Waals surface area contributed by atoms with Gasteiger partial charge in [-0.15, -0.1) is 11.3 Å². The van der Waals surface area contributed by atoms with E-state index in [0.29, 0.717) is 22.9 Å². The first kappa shape index (κ1) is 20.3. The molecule has 1 aliphatic heterocycles. The molecule has 0 saturated heterocycles. The highest BCUT2D eigenvalue weighted by molar-refractivity contribution is 7.12. The summed E-state index contributed by atoms with van der Waals surface area (Å²) in [6.07, 6.45) is 7.07. The van der Waals surface area contributed by atoms with E-state index in [1.807, 2.05) is 9.36 Å². The van der Waals surface area contributed by atoms with Crippen molar-refractivity contribution in [1.29, 1.82) is 0 Å². The molecule has 4 heterocycles. The predicted octanol–water partition coefficient (Wildman–Crippen LogP) is 4.38. The normalized spacial score (nSPS) is 19.4. The van der Waals surface area contributed by atoms with Crippen molar-refractivity contribution in [3.63, 3.8) is 0 Å². The molecule has 0 spiro atoms. The van der Waals surface area contributed by atoms with Crippen LogP contribution in [0.1, 0.15) is 68.3 Å². The van der Waals surface area contributed by atoms with Gasteiger partial charge in [-0.1, -0.05) is 6.07 Å². The minimum atomic E-state index is -0.0317. The maximum absolute atomic E-state index is 13.3. The van der Waals surface area contributed by atoms with Crippen LogP contribution < -0.4 is 16.2 Å². The Morgan fingerprint density at radius 1 is 1.18 bits per heavy atom. The van der Waals surface area contributed by atoms with Crippen molar-refractivity contribution in [2.45, 2.75) is 63.5 Å². The molecule has 9 heteroatoms. The first-order chi connectivity index (χ1) is 16.5. The van der Waals surface area contributed by atoms with Crippen molar-refractivity contribution in [3.05, 3.63) is 57.0 Å². The maximum atomic E-state index is 13.3. The van der Waals surface area contributed by atoms with Gasteiger partial charge in [0.1, 0.15) is 5.39 Å². The molecule has 2 fully saturated rings. The van der Waals surface area contributed by atoms with Crippen LogP contribution in [0.25, 0.3) is 16.2 Å². The van der Waals surface area contributed by atoms with E-state index in [-0.39, 0.29) is 17.1 Å². The molecule has 1 aromatic carbocycles. The van der Waals surface area contributed by atoms with E-state index in [2.05, 4.69) is 53.0 Å². The predicted molar refractivity (Wildman–Crippen MR) is 134 cm³/mol. The second-order valence-corrected chi connectivity index (χ2v) is 11.1. The molecule has 0 radical (unpaired) electrons. The lowest BCUT2D eigenvalue weighted by atomic mass is 9.85. The highest BCUT2D eigenvalue weighted by atomic mass is 32.1. The van der Waals surface area contributed by atoms with Gasteiger partial charge in [0.2, 0.25) is 11.1 Å². The van der Waals surface area contributed by atoms with Crippen molar-refractivity contribution in [3.8, 4) is 5.13 Å². The van der Waals surface area contributed by atoms with E-state index >= 15 is 0 Å². The van der Waals surface area contributed by atoms with Crippen LogP contribution >= 0.6 is 11.3 Å². The standard InChI is InChI=1S/C25H27N7OS/c1-25(2)19-8-5-16(11-15(19)9-10-27-25)28-23-26-12-18-21(30-23)32(31(22(18)33)17-6-7-17)24-29-20(13-34-24)14-3-4-14/h5,8,11-14,17,27H,3-4,6-7,9-10H2,1-2H3,(H,26,28,30). The van der Waals surface area contributed by atoms with Gasteiger partial charge >= 0.3 is 0 Å². The van der Waals surface area contributed by atoms with Crippen LogP contribution in [0.2, 0.25) is 0 Å². The summed E-state index contributed by atoms with van der Waals surface area (Å²) in [6, 6.07) is 6.66. The molecular formula is C25H27N7OS. The fraction of sp³-hybridized carbons (Fsp3) is 0.440. The molecule has 2 saturated carbocycles. The van der Waals surface area contributed by atoms with E-state index in [4.69, 9.17) is 9.97 Å². The van der Waals surface area contributed by atoms with Crippen molar-refractivity contribution < 1.29 is 0 Å². The average molecular weight is 474 g/mol. The first-order valence-corrected chi connectivity index (χ1v) is 13.0. The zero-order valence-corrected chi connectivity index (χ0v) is 20.2. The van der Waals surface area contributed by atoms with Gasteiger partial charge in [-0.3, -0.25) is 4.79 Å². The summed E-state index contributed by atoms with van der Waals surface area (Å²) in [7, 11) is 0. The third kappa shape index (κ3) is 3.29. The largest absolute Gasteiger partial charge is 0.324 e. The number of rotatable bonds is 5. The second-order valence-electron chi connectivity index (χ2n) is 10.3. The lowest BCUT2D eigenvalue weighted by molar-refractivity contribution is 0.382. The third-order valence-corrected chi connectivity index (χ3v) is 8.03. The minimum absolute atomic E-state index is 0.0314. The van der Waals surface area contributed by atoms with Crippen molar-refractivity contribution in [1.82, 2.24) is 29.6 Å². The Morgan fingerprint density at radius 2 is 2.03 bits per heavy atom. The lowest BCUT2D eigenvalue weighted by Crippen LogP contribution is -2.42. The topological polar surface area (TPSA) is 89.7 Å². The van der Waals surface area contributed by atoms with E-state index < -0.39 is 0 Å². The molecule has 0 bridgehead atoms. The summed E-state index contributed by atoms with van der Waals surface area (Å²) >= 11 is 1.59. The smallest absolute Gasteiger partial charge is 0.278 e. The second kappa shape index (κ2) is 7.23. The van der Waals surface area contributed by atoms with Gasteiger partial charge in [-0.25, -0.2) is 19.3 Å². The number of anilines is 2. The molecule has 0 amide bonds. The molecule has 34 heavy (non-hydrogen) atoms. The quantitative estimate of drug-likeness (QED) is 0.447. The molecule has 3 aromatic heterocycles. The minimum Gasteiger partial charge on any atom is -0.324 e. The number of benzene rings is 1. The number of thiazole rings is 1. The van der Waals surface area contributed by atoms with Crippen molar-refractivity contribution in [2.24, 2.45) is 0 Å². The van der Waals surface area contributed by atoms with Gasteiger partial charge in [-0.05, 0) is 75.8 Å². The van der Waals surface area contributed by atoms with E-state index in [0.717, 1.165) is 42.3 Å². The van der Waals surface area contributed by atoms with Gasteiger partial charge in [0, 0.05) is 28.7 Å². The number of nitrogens with zero attached hydrogens (tertiary/aromatic N) is 5. The van der Waals surface area contributed by atoms with Crippen LogP contribution in [0.5, 0.6) is 0 Å². The van der Waals surface area contributed by atoms with Gasteiger partial charge in [0.15, 0.2) is 5.65 Å². The Morgan fingerprint density at radius 3 is 2.82 bits per heavy atom. The summed E-state index contributed by atoms with van der Waals surface area (Å²) in [5.74, 6) is 1.06. The van der Waals surface area contributed by atoms with Crippen LogP contribution in [0, 0.1) is 0 Å². The molecule has 2 N–H and O–H groups in total. The summed E-state index contributed by atoms with van der Waals surface area (Å²) in [5.41, 5.74) is 5.31. The molecule has 3 aliphatic rings. The van der Waals surface area contributed by atoms with Crippen LogP contribution in [-0.2, 0) is 12.0 Å².